The van der Waals surface area contributed by atoms with Crippen LogP contribution in [0.15, 0.2) is 57.3 Å². The molecule has 5 heteroatoms. The molecule has 0 atom stereocenters. The summed E-state index contributed by atoms with van der Waals surface area (Å²) < 4.78 is 5.60. The molecule has 2 heterocycles. The number of fused-ring (bicyclic) bond motifs is 1. The van der Waals surface area contributed by atoms with E-state index in [0.29, 0.717) is 16.5 Å². The van der Waals surface area contributed by atoms with Crippen LogP contribution in [0.25, 0.3) is 11.1 Å². The standard InChI is InChI=1S/C12H9N3OS/c13-8-1-2-10-11(7-8)16-12(15-10)17-9-3-5-14-6-4-9/h1-7H,13H2. The van der Waals surface area contributed by atoms with E-state index >= 15 is 0 Å². The second kappa shape index (κ2) is 4.10. The molecule has 2 aromatic heterocycles. The van der Waals surface area contributed by atoms with Crippen LogP contribution in [0.5, 0.6) is 0 Å². The van der Waals surface area contributed by atoms with Gasteiger partial charge in [0.25, 0.3) is 5.22 Å². The molecule has 0 fully saturated rings. The maximum absolute atomic E-state index is 5.68. The Morgan fingerprint density at radius 1 is 1.12 bits per heavy atom. The molecule has 4 nitrogen and oxygen atoms in total. The number of hydrogen-bond acceptors (Lipinski definition) is 5. The molecular weight excluding hydrogens is 234 g/mol. The molecule has 0 aliphatic heterocycles. The highest BCUT2D eigenvalue weighted by molar-refractivity contribution is 7.99. The Morgan fingerprint density at radius 3 is 2.76 bits per heavy atom. The first-order chi connectivity index (χ1) is 8.31. The van der Waals surface area contributed by atoms with Gasteiger partial charge in [-0.25, -0.2) is 4.98 Å². The number of nitrogens with zero attached hydrogens (tertiary/aromatic N) is 2. The fraction of sp³-hybridized carbons (Fsp3) is 0. The Bertz CT molecular complexity index is 651. The Labute approximate surface area is 102 Å². The SMILES string of the molecule is Nc1ccc2nc(Sc3ccncc3)oc2c1. The summed E-state index contributed by atoms with van der Waals surface area (Å²) in [5, 5.41) is 0.608. The number of hydrogen-bond donors (Lipinski definition) is 1. The van der Waals surface area contributed by atoms with E-state index in [4.69, 9.17) is 10.2 Å². The van der Waals surface area contributed by atoms with Crippen molar-refractivity contribution in [2.75, 3.05) is 5.73 Å². The third-order valence-corrected chi connectivity index (χ3v) is 3.10. The van der Waals surface area contributed by atoms with Crippen molar-refractivity contribution in [1.82, 2.24) is 9.97 Å². The summed E-state index contributed by atoms with van der Waals surface area (Å²) >= 11 is 1.46. The van der Waals surface area contributed by atoms with Crippen molar-refractivity contribution in [3.8, 4) is 0 Å². The van der Waals surface area contributed by atoms with Gasteiger partial charge in [-0.05, 0) is 36.0 Å². The normalized spacial score (nSPS) is 10.8. The van der Waals surface area contributed by atoms with Crippen molar-refractivity contribution in [1.29, 1.82) is 0 Å². The summed E-state index contributed by atoms with van der Waals surface area (Å²) in [5.41, 5.74) is 7.88. The average Bonchev–Trinajstić information content (AvgIpc) is 2.71. The van der Waals surface area contributed by atoms with Gasteiger partial charge < -0.3 is 10.2 Å². The maximum atomic E-state index is 5.68. The van der Waals surface area contributed by atoms with Crippen LogP contribution in [0.2, 0.25) is 0 Å². The molecule has 0 aliphatic carbocycles. The van der Waals surface area contributed by atoms with E-state index in [1.807, 2.05) is 24.3 Å². The molecule has 0 saturated heterocycles. The van der Waals surface area contributed by atoms with E-state index in [1.165, 1.54) is 11.8 Å². The predicted molar refractivity (Wildman–Crippen MR) is 66.8 cm³/mol. The van der Waals surface area contributed by atoms with E-state index in [1.54, 1.807) is 18.5 Å². The van der Waals surface area contributed by atoms with Crippen molar-refractivity contribution in [2.45, 2.75) is 10.1 Å². The van der Waals surface area contributed by atoms with Gasteiger partial charge >= 0.3 is 0 Å². The highest BCUT2D eigenvalue weighted by Crippen LogP contribution is 2.29. The quantitative estimate of drug-likeness (QED) is 0.701. The number of rotatable bonds is 2. The second-order valence-electron chi connectivity index (χ2n) is 3.49. The molecule has 0 spiro atoms. The minimum absolute atomic E-state index is 0.608. The van der Waals surface area contributed by atoms with Gasteiger partial charge in [0, 0.05) is 29.0 Å². The van der Waals surface area contributed by atoms with Crippen LogP contribution in [0, 0.1) is 0 Å². The van der Waals surface area contributed by atoms with Crippen LogP contribution >= 0.6 is 11.8 Å². The van der Waals surface area contributed by atoms with Gasteiger partial charge in [0.1, 0.15) is 5.52 Å². The molecule has 0 unspecified atom stereocenters. The summed E-state index contributed by atoms with van der Waals surface area (Å²) in [5.74, 6) is 0. The van der Waals surface area contributed by atoms with Gasteiger partial charge in [-0.2, -0.15) is 0 Å². The fourth-order valence-electron chi connectivity index (χ4n) is 1.47. The van der Waals surface area contributed by atoms with Crippen LogP contribution in [-0.4, -0.2) is 9.97 Å². The van der Waals surface area contributed by atoms with Crippen LogP contribution in [0.4, 0.5) is 5.69 Å². The molecule has 0 amide bonds. The van der Waals surface area contributed by atoms with E-state index in [0.717, 1.165) is 10.4 Å². The molecular formula is C12H9N3OS. The monoisotopic (exact) mass is 243 g/mol. The first kappa shape index (κ1) is 10.2. The van der Waals surface area contributed by atoms with Gasteiger partial charge in [0.05, 0.1) is 0 Å². The summed E-state index contributed by atoms with van der Waals surface area (Å²) in [6, 6.07) is 9.26. The van der Waals surface area contributed by atoms with Crippen LogP contribution in [0.1, 0.15) is 0 Å². The third-order valence-electron chi connectivity index (χ3n) is 2.25. The van der Waals surface area contributed by atoms with E-state index in [9.17, 15) is 0 Å². The lowest BCUT2D eigenvalue weighted by molar-refractivity contribution is 0.489. The molecule has 0 bridgehead atoms. The minimum atomic E-state index is 0.608. The summed E-state index contributed by atoms with van der Waals surface area (Å²) in [4.78, 5) is 9.37. The van der Waals surface area contributed by atoms with Gasteiger partial charge in [-0.3, -0.25) is 4.98 Å². The molecule has 3 aromatic rings. The average molecular weight is 243 g/mol. The van der Waals surface area contributed by atoms with E-state index < -0.39 is 0 Å². The lowest BCUT2D eigenvalue weighted by Crippen LogP contribution is -1.81. The van der Waals surface area contributed by atoms with Gasteiger partial charge in [0.15, 0.2) is 5.58 Å². The topological polar surface area (TPSA) is 64.9 Å². The van der Waals surface area contributed by atoms with Gasteiger partial charge in [-0.15, -0.1) is 0 Å². The molecule has 17 heavy (non-hydrogen) atoms. The largest absolute Gasteiger partial charge is 0.431 e. The zero-order valence-electron chi connectivity index (χ0n) is 8.83. The number of pyridine rings is 1. The number of nitrogens with two attached hydrogens (primary N) is 1. The number of nitrogen functional groups attached to an aromatic ring is 1. The predicted octanol–water partition coefficient (Wildman–Crippen LogP) is 2.96. The van der Waals surface area contributed by atoms with Crippen molar-refractivity contribution in [2.24, 2.45) is 0 Å². The molecule has 0 radical (unpaired) electrons. The van der Waals surface area contributed by atoms with Crippen molar-refractivity contribution < 1.29 is 4.42 Å². The first-order valence-corrected chi connectivity index (χ1v) is 5.87. The molecule has 0 aliphatic rings. The Balaban J connectivity index is 1.96. The molecule has 1 aromatic carbocycles. The summed E-state index contributed by atoms with van der Waals surface area (Å²) in [6.07, 6.45) is 3.48. The number of benzene rings is 1. The smallest absolute Gasteiger partial charge is 0.261 e. The minimum Gasteiger partial charge on any atom is -0.431 e. The van der Waals surface area contributed by atoms with Crippen LogP contribution < -0.4 is 5.73 Å². The van der Waals surface area contributed by atoms with Crippen molar-refractivity contribution in [3.63, 3.8) is 0 Å². The molecule has 3 rings (SSSR count). The third kappa shape index (κ3) is 2.09. The Hall–Kier alpha value is -2.01. The maximum Gasteiger partial charge on any atom is 0.261 e. The number of aromatic nitrogens is 2. The molecule has 84 valence electrons. The summed E-state index contributed by atoms with van der Waals surface area (Å²) in [7, 11) is 0. The van der Waals surface area contributed by atoms with E-state index in [-0.39, 0.29) is 0 Å². The zero-order chi connectivity index (χ0) is 11.7. The lowest BCUT2D eigenvalue weighted by atomic mass is 10.3. The van der Waals surface area contributed by atoms with Crippen LogP contribution in [-0.2, 0) is 0 Å². The number of oxazole rings is 1. The number of anilines is 1. The van der Waals surface area contributed by atoms with Crippen molar-refractivity contribution >= 4 is 28.5 Å². The zero-order valence-corrected chi connectivity index (χ0v) is 9.65. The van der Waals surface area contributed by atoms with Crippen LogP contribution in [0.3, 0.4) is 0 Å². The fourth-order valence-corrected chi connectivity index (χ4v) is 2.21. The molecule has 0 saturated carbocycles. The Kier molecular flexibility index (Phi) is 2.45. The van der Waals surface area contributed by atoms with E-state index in [2.05, 4.69) is 9.97 Å². The Morgan fingerprint density at radius 2 is 1.94 bits per heavy atom. The van der Waals surface area contributed by atoms with Gasteiger partial charge in [0.2, 0.25) is 0 Å². The highest BCUT2D eigenvalue weighted by atomic mass is 32.2. The summed E-state index contributed by atoms with van der Waals surface area (Å²) in [6.45, 7) is 0. The first-order valence-electron chi connectivity index (χ1n) is 5.05. The lowest BCUT2D eigenvalue weighted by Gasteiger charge is -1.93. The van der Waals surface area contributed by atoms with Gasteiger partial charge in [-0.1, -0.05) is 0 Å². The second-order valence-corrected chi connectivity index (χ2v) is 4.52. The highest BCUT2D eigenvalue weighted by Gasteiger charge is 2.07. The van der Waals surface area contributed by atoms with Crippen molar-refractivity contribution in [3.05, 3.63) is 42.7 Å². The molecule has 2 N–H and O–H groups in total.